The van der Waals surface area contributed by atoms with Gasteiger partial charge >= 0.3 is 0 Å². The van der Waals surface area contributed by atoms with Gasteiger partial charge in [0.05, 0.1) is 0 Å². The zero-order chi connectivity index (χ0) is 24.4. The van der Waals surface area contributed by atoms with E-state index >= 15 is 0 Å². The molecule has 0 N–H and O–H groups in total. The van der Waals surface area contributed by atoms with Crippen LogP contribution in [0.3, 0.4) is 0 Å². The van der Waals surface area contributed by atoms with Crippen LogP contribution in [-0.4, -0.2) is 47.4 Å². The van der Waals surface area contributed by atoms with Crippen molar-refractivity contribution >= 4 is 5.91 Å². The zero-order valence-corrected chi connectivity index (χ0v) is 21.3. The first kappa shape index (κ1) is 23.5. The van der Waals surface area contributed by atoms with Gasteiger partial charge in [0.1, 0.15) is 0 Å². The lowest BCUT2D eigenvalue weighted by Gasteiger charge is -2.45. The monoisotopic (exact) mass is 478 g/mol. The van der Waals surface area contributed by atoms with Gasteiger partial charge in [0.2, 0.25) is 0 Å². The van der Waals surface area contributed by atoms with Crippen molar-refractivity contribution in [2.45, 2.75) is 68.4 Å². The van der Waals surface area contributed by atoms with Crippen LogP contribution in [0.1, 0.15) is 72.3 Å². The average Bonchev–Trinajstić information content (AvgIpc) is 3.19. The Labute approximate surface area is 216 Å². The molecule has 3 fully saturated rings. The molecule has 0 aliphatic carbocycles. The molecule has 3 aromatic rings. The minimum absolute atomic E-state index is 0.157. The third-order valence-electron chi connectivity index (χ3n) is 9.42. The molecule has 1 amide bonds. The van der Waals surface area contributed by atoms with Crippen LogP contribution in [0.5, 0.6) is 0 Å². The lowest BCUT2D eigenvalue weighted by Crippen LogP contribution is -2.48. The fraction of sp³-hybridized carbons (Fsp3) is 0.424. The Morgan fingerprint density at radius 2 is 1.31 bits per heavy atom. The fourth-order valence-electron chi connectivity index (χ4n) is 7.36. The molecule has 0 radical (unpaired) electrons. The summed E-state index contributed by atoms with van der Waals surface area (Å²) in [5.41, 5.74) is 3.96. The summed E-state index contributed by atoms with van der Waals surface area (Å²) >= 11 is 0. The standard InChI is InChI=1S/C33H38N2O/c36-32(27-12-6-2-7-13-27)34-21-18-33(19-22-34,29-14-8-3-9-15-29)20-23-35-30-16-17-31(35)25-28(24-30)26-10-4-1-5-11-26/h1-15,28,30-31H,16-25H2/t28-,30+,31-. The van der Waals surface area contributed by atoms with Crippen LogP contribution in [0.15, 0.2) is 91.0 Å². The molecule has 0 saturated carbocycles. The van der Waals surface area contributed by atoms with Crippen molar-refractivity contribution in [1.82, 2.24) is 9.80 Å². The summed E-state index contributed by atoms with van der Waals surface area (Å²) in [6, 6.07) is 33.6. The van der Waals surface area contributed by atoms with E-state index in [1.54, 1.807) is 0 Å². The van der Waals surface area contributed by atoms with Crippen LogP contribution in [0.4, 0.5) is 0 Å². The molecule has 186 valence electrons. The number of hydrogen-bond acceptors (Lipinski definition) is 2. The van der Waals surface area contributed by atoms with E-state index in [9.17, 15) is 4.79 Å². The van der Waals surface area contributed by atoms with Crippen LogP contribution in [0.25, 0.3) is 0 Å². The number of rotatable bonds is 6. The van der Waals surface area contributed by atoms with Gasteiger partial charge in [-0.3, -0.25) is 9.69 Å². The van der Waals surface area contributed by atoms with Crippen molar-refractivity contribution in [3.05, 3.63) is 108 Å². The molecular formula is C33H38N2O. The molecule has 3 nitrogen and oxygen atoms in total. The average molecular weight is 479 g/mol. The van der Waals surface area contributed by atoms with E-state index in [4.69, 9.17) is 0 Å². The number of benzene rings is 3. The molecule has 3 aromatic carbocycles. The predicted octanol–water partition coefficient (Wildman–Crippen LogP) is 6.66. The first-order valence-electron chi connectivity index (χ1n) is 13.9. The van der Waals surface area contributed by atoms with E-state index in [0.717, 1.165) is 49.5 Å². The molecule has 0 spiro atoms. The topological polar surface area (TPSA) is 23.6 Å². The molecule has 36 heavy (non-hydrogen) atoms. The number of carbonyl (C=O) groups is 1. The van der Waals surface area contributed by atoms with Crippen LogP contribution < -0.4 is 0 Å². The first-order chi connectivity index (χ1) is 17.7. The molecule has 2 bridgehead atoms. The number of carbonyl (C=O) groups excluding carboxylic acids is 1. The summed E-state index contributed by atoms with van der Waals surface area (Å²) in [6.45, 7) is 2.86. The molecule has 0 unspecified atom stereocenters. The van der Waals surface area contributed by atoms with Gasteiger partial charge in [0, 0.05) is 30.7 Å². The maximum atomic E-state index is 13.1. The van der Waals surface area contributed by atoms with E-state index in [1.165, 1.54) is 49.8 Å². The van der Waals surface area contributed by atoms with Crippen molar-refractivity contribution < 1.29 is 4.79 Å². The minimum atomic E-state index is 0.157. The van der Waals surface area contributed by atoms with Crippen molar-refractivity contribution in [3.8, 4) is 0 Å². The second kappa shape index (κ2) is 10.2. The van der Waals surface area contributed by atoms with Crippen molar-refractivity contribution in [3.63, 3.8) is 0 Å². The van der Waals surface area contributed by atoms with E-state index < -0.39 is 0 Å². The van der Waals surface area contributed by atoms with Crippen LogP contribution in [-0.2, 0) is 5.41 Å². The highest BCUT2D eigenvalue weighted by molar-refractivity contribution is 5.94. The second-order valence-electron chi connectivity index (χ2n) is 11.3. The summed E-state index contributed by atoms with van der Waals surface area (Å²) in [7, 11) is 0. The van der Waals surface area contributed by atoms with E-state index in [-0.39, 0.29) is 11.3 Å². The Bertz CT molecular complexity index is 1120. The molecule has 6 rings (SSSR count). The van der Waals surface area contributed by atoms with Crippen LogP contribution in [0, 0.1) is 0 Å². The van der Waals surface area contributed by atoms with E-state index in [2.05, 4.69) is 70.5 Å². The van der Waals surface area contributed by atoms with Gasteiger partial charge in [-0.15, -0.1) is 0 Å². The molecule has 3 aliphatic heterocycles. The maximum Gasteiger partial charge on any atom is 0.253 e. The summed E-state index contributed by atoms with van der Waals surface area (Å²) in [6.07, 6.45) is 8.60. The van der Waals surface area contributed by atoms with Gasteiger partial charge in [-0.1, -0.05) is 78.9 Å². The fourth-order valence-corrected chi connectivity index (χ4v) is 7.36. The molecular weight excluding hydrogens is 440 g/mol. The Balaban J connectivity index is 1.15. The van der Waals surface area contributed by atoms with Crippen molar-refractivity contribution in [2.24, 2.45) is 0 Å². The number of fused-ring (bicyclic) bond motifs is 2. The Morgan fingerprint density at radius 1 is 0.750 bits per heavy atom. The zero-order valence-electron chi connectivity index (χ0n) is 21.3. The van der Waals surface area contributed by atoms with Gasteiger partial charge in [0.15, 0.2) is 0 Å². The number of piperidine rings is 2. The van der Waals surface area contributed by atoms with Crippen LogP contribution in [0.2, 0.25) is 0 Å². The Hall–Kier alpha value is -2.91. The molecule has 3 aliphatic rings. The van der Waals surface area contributed by atoms with Gasteiger partial charge in [-0.25, -0.2) is 0 Å². The number of hydrogen-bond donors (Lipinski definition) is 0. The number of amides is 1. The third kappa shape index (κ3) is 4.62. The highest BCUT2D eigenvalue weighted by atomic mass is 16.2. The summed E-state index contributed by atoms with van der Waals surface area (Å²) in [5, 5.41) is 0. The largest absolute Gasteiger partial charge is 0.339 e. The third-order valence-corrected chi connectivity index (χ3v) is 9.42. The Kier molecular flexibility index (Phi) is 6.67. The van der Waals surface area contributed by atoms with Gasteiger partial charge < -0.3 is 4.90 Å². The number of nitrogens with zero attached hydrogens (tertiary/aromatic N) is 2. The molecule has 3 heteroatoms. The van der Waals surface area contributed by atoms with Gasteiger partial charge in [-0.05, 0) is 86.1 Å². The van der Waals surface area contributed by atoms with Crippen molar-refractivity contribution in [2.75, 3.05) is 19.6 Å². The minimum Gasteiger partial charge on any atom is -0.339 e. The normalized spacial score (nSPS) is 25.6. The lowest BCUT2D eigenvalue weighted by molar-refractivity contribution is 0.0621. The van der Waals surface area contributed by atoms with Crippen molar-refractivity contribution in [1.29, 1.82) is 0 Å². The molecule has 3 saturated heterocycles. The summed E-state index contributed by atoms with van der Waals surface area (Å²) < 4.78 is 0. The van der Waals surface area contributed by atoms with Gasteiger partial charge in [-0.2, -0.15) is 0 Å². The van der Waals surface area contributed by atoms with Crippen LogP contribution >= 0.6 is 0 Å². The summed E-state index contributed by atoms with van der Waals surface area (Å²) in [4.78, 5) is 18.1. The summed E-state index contributed by atoms with van der Waals surface area (Å²) in [5.74, 6) is 0.897. The molecule has 3 atom stereocenters. The highest BCUT2D eigenvalue weighted by Gasteiger charge is 2.43. The van der Waals surface area contributed by atoms with E-state index in [1.807, 2.05) is 30.3 Å². The first-order valence-corrected chi connectivity index (χ1v) is 13.9. The number of likely N-dealkylation sites (tertiary alicyclic amines) is 1. The SMILES string of the molecule is O=C(c1ccccc1)N1CCC(CCN2[C@@H]3CC[C@H]2C[C@@H](c2ccccc2)C3)(c2ccccc2)CC1. The maximum absolute atomic E-state index is 13.1. The molecule has 3 heterocycles. The quantitative estimate of drug-likeness (QED) is 0.395. The van der Waals surface area contributed by atoms with E-state index in [0.29, 0.717) is 0 Å². The Morgan fingerprint density at radius 3 is 1.92 bits per heavy atom. The second-order valence-corrected chi connectivity index (χ2v) is 11.3. The smallest absolute Gasteiger partial charge is 0.253 e. The molecule has 0 aromatic heterocycles. The van der Waals surface area contributed by atoms with Gasteiger partial charge in [0.25, 0.3) is 5.91 Å². The predicted molar refractivity (Wildman–Crippen MR) is 146 cm³/mol. The highest BCUT2D eigenvalue weighted by Crippen LogP contribution is 2.45. The lowest BCUT2D eigenvalue weighted by atomic mass is 9.70.